The van der Waals surface area contributed by atoms with Crippen LogP contribution in [0, 0.1) is 0 Å². The van der Waals surface area contributed by atoms with E-state index in [0.29, 0.717) is 22.6 Å². The molecule has 2 aromatic carbocycles. The molecule has 142 valence electrons. The van der Waals surface area contributed by atoms with Crippen molar-refractivity contribution in [3.8, 4) is 11.5 Å². The molecular formula is C20H14Cl2N2O4. The van der Waals surface area contributed by atoms with Crippen LogP contribution >= 0.6 is 23.2 Å². The second kappa shape index (κ2) is 8.37. The van der Waals surface area contributed by atoms with Crippen LogP contribution in [-0.2, 0) is 0 Å². The van der Waals surface area contributed by atoms with E-state index in [1.54, 1.807) is 48.5 Å². The molecule has 6 nitrogen and oxygen atoms in total. The van der Waals surface area contributed by atoms with Crippen molar-refractivity contribution in [2.24, 2.45) is 0 Å². The minimum atomic E-state index is -0.509. The van der Waals surface area contributed by atoms with Crippen molar-refractivity contribution in [1.82, 2.24) is 9.97 Å². The van der Waals surface area contributed by atoms with Crippen LogP contribution in [0.2, 0.25) is 10.3 Å². The Kier molecular flexibility index (Phi) is 5.92. The summed E-state index contributed by atoms with van der Waals surface area (Å²) in [6.45, 7) is 0. The van der Waals surface area contributed by atoms with Gasteiger partial charge in [-0.15, -0.1) is 0 Å². The summed E-state index contributed by atoms with van der Waals surface area (Å²) in [5.41, 5.74) is 0.246. The number of methoxy groups -OCH3 is 2. The Balaban J connectivity index is 2.06. The fourth-order valence-electron chi connectivity index (χ4n) is 2.47. The lowest BCUT2D eigenvalue weighted by Crippen LogP contribution is -2.16. The second-order valence-corrected chi connectivity index (χ2v) is 6.33. The summed E-state index contributed by atoms with van der Waals surface area (Å²) in [5, 5.41) is -0.324. The Morgan fingerprint density at radius 3 is 1.29 bits per heavy atom. The normalized spacial score (nSPS) is 10.4. The standard InChI is InChI=1S/C20H14Cl2N2O4/c1-27-13-7-3-11(4-8-13)17(25)15-16(24-20(22)19(21)23-15)18(26)12-5-9-14(28-2)10-6-12/h3-10H,1-2H3. The highest BCUT2D eigenvalue weighted by molar-refractivity contribution is 6.40. The van der Waals surface area contributed by atoms with Gasteiger partial charge in [-0.3, -0.25) is 9.59 Å². The van der Waals surface area contributed by atoms with Gasteiger partial charge in [-0.2, -0.15) is 0 Å². The number of halogens is 2. The van der Waals surface area contributed by atoms with Crippen LogP contribution in [0.4, 0.5) is 0 Å². The monoisotopic (exact) mass is 416 g/mol. The maximum Gasteiger partial charge on any atom is 0.213 e. The van der Waals surface area contributed by atoms with E-state index in [4.69, 9.17) is 32.7 Å². The average Bonchev–Trinajstić information content (AvgIpc) is 2.74. The number of ketones is 2. The molecular weight excluding hydrogens is 403 g/mol. The van der Waals surface area contributed by atoms with Crippen molar-refractivity contribution >= 4 is 34.8 Å². The van der Waals surface area contributed by atoms with Gasteiger partial charge in [0, 0.05) is 11.1 Å². The molecule has 0 spiro atoms. The van der Waals surface area contributed by atoms with Crippen molar-refractivity contribution in [2.75, 3.05) is 14.2 Å². The van der Waals surface area contributed by atoms with Crippen LogP contribution in [0.5, 0.6) is 11.5 Å². The highest BCUT2D eigenvalue weighted by Gasteiger charge is 2.25. The van der Waals surface area contributed by atoms with Crippen LogP contribution < -0.4 is 9.47 Å². The zero-order chi connectivity index (χ0) is 20.3. The third-order valence-corrected chi connectivity index (χ3v) is 4.57. The third kappa shape index (κ3) is 3.98. The van der Waals surface area contributed by atoms with Gasteiger partial charge >= 0.3 is 0 Å². The number of aromatic nitrogens is 2. The van der Waals surface area contributed by atoms with Crippen LogP contribution in [0.15, 0.2) is 48.5 Å². The van der Waals surface area contributed by atoms with E-state index in [0.717, 1.165) is 0 Å². The van der Waals surface area contributed by atoms with Crippen molar-refractivity contribution in [2.45, 2.75) is 0 Å². The number of ether oxygens (including phenoxy) is 2. The van der Waals surface area contributed by atoms with Crippen LogP contribution in [0.25, 0.3) is 0 Å². The van der Waals surface area contributed by atoms with Gasteiger partial charge in [-0.25, -0.2) is 9.97 Å². The lowest BCUT2D eigenvalue weighted by atomic mass is 10.0. The highest BCUT2D eigenvalue weighted by Crippen LogP contribution is 2.24. The quantitative estimate of drug-likeness (QED) is 0.558. The molecule has 0 atom stereocenters. The predicted molar refractivity (Wildman–Crippen MR) is 105 cm³/mol. The number of hydrogen-bond acceptors (Lipinski definition) is 6. The van der Waals surface area contributed by atoms with Gasteiger partial charge in [-0.05, 0) is 48.5 Å². The molecule has 0 aliphatic carbocycles. The van der Waals surface area contributed by atoms with E-state index < -0.39 is 11.6 Å². The molecule has 0 bridgehead atoms. The molecule has 28 heavy (non-hydrogen) atoms. The van der Waals surface area contributed by atoms with E-state index in [1.165, 1.54) is 14.2 Å². The third-order valence-electron chi connectivity index (χ3n) is 3.95. The summed E-state index contributed by atoms with van der Waals surface area (Å²) in [7, 11) is 3.04. The summed E-state index contributed by atoms with van der Waals surface area (Å²) in [4.78, 5) is 33.9. The van der Waals surface area contributed by atoms with Gasteiger partial charge in [0.25, 0.3) is 0 Å². The number of carbonyl (C=O) groups excluding carboxylic acids is 2. The van der Waals surface area contributed by atoms with Crippen LogP contribution in [0.1, 0.15) is 32.1 Å². The minimum Gasteiger partial charge on any atom is -0.497 e. The molecule has 1 heterocycles. The zero-order valence-electron chi connectivity index (χ0n) is 14.9. The minimum absolute atomic E-state index is 0.162. The molecule has 0 N–H and O–H groups in total. The van der Waals surface area contributed by atoms with Crippen LogP contribution in [-0.4, -0.2) is 35.8 Å². The molecule has 0 aliphatic heterocycles. The lowest BCUT2D eigenvalue weighted by molar-refractivity contribution is 0.0996. The Labute approximate surface area is 171 Å². The summed E-state index contributed by atoms with van der Waals surface area (Å²) in [6.07, 6.45) is 0. The Hall–Kier alpha value is -2.96. The Morgan fingerprint density at radius 1 is 0.679 bits per heavy atom. The molecule has 1 aromatic heterocycles. The van der Waals surface area contributed by atoms with E-state index in [1.807, 2.05) is 0 Å². The SMILES string of the molecule is COc1ccc(C(=O)c2nc(Cl)c(Cl)nc2C(=O)c2ccc(OC)cc2)cc1. The smallest absolute Gasteiger partial charge is 0.213 e. The molecule has 0 unspecified atom stereocenters. The number of hydrogen-bond donors (Lipinski definition) is 0. The van der Waals surface area contributed by atoms with E-state index in [9.17, 15) is 9.59 Å². The molecule has 0 fully saturated rings. The molecule has 0 amide bonds. The van der Waals surface area contributed by atoms with E-state index in [2.05, 4.69) is 9.97 Å². The van der Waals surface area contributed by atoms with Crippen molar-refractivity contribution in [3.63, 3.8) is 0 Å². The van der Waals surface area contributed by atoms with E-state index in [-0.39, 0.29) is 21.7 Å². The summed E-state index contributed by atoms with van der Waals surface area (Å²) in [6, 6.07) is 12.8. The Bertz CT molecular complexity index is 951. The summed E-state index contributed by atoms with van der Waals surface area (Å²) >= 11 is 11.9. The first kappa shape index (κ1) is 19.8. The molecule has 0 radical (unpaired) electrons. The summed E-state index contributed by atoms with van der Waals surface area (Å²) < 4.78 is 10.2. The van der Waals surface area contributed by atoms with Crippen molar-refractivity contribution < 1.29 is 19.1 Å². The van der Waals surface area contributed by atoms with Gasteiger partial charge in [0.15, 0.2) is 10.3 Å². The molecule has 8 heteroatoms. The second-order valence-electron chi connectivity index (χ2n) is 5.62. The van der Waals surface area contributed by atoms with Gasteiger partial charge in [-0.1, -0.05) is 23.2 Å². The maximum absolute atomic E-state index is 12.9. The molecule has 3 aromatic rings. The van der Waals surface area contributed by atoms with E-state index >= 15 is 0 Å². The van der Waals surface area contributed by atoms with Gasteiger partial charge < -0.3 is 9.47 Å². The average molecular weight is 417 g/mol. The number of benzene rings is 2. The highest BCUT2D eigenvalue weighted by atomic mass is 35.5. The number of carbonyl (C=O) groups is 2. The number of rotatable bonds is 6. The Morgan fingerprint density at radius 2 is 1.00 bits per heavy atom. The molecule has 0 aliphatic rings. The topological polar surface area (TPSA) is 78.4 Å². The molecule has 0 saturated heterocycles. The van der Waals surface area contributed by atoms with Gasteiger partial charge in [0.2, 0.25) is 11.6 Å². The number of nitrogens with zero attached hydrogens (tertiary/aromatic N) is 2. The first-order valence-corrected chi connectivity index (χ1v) is 8.80. The van der Waals surface area contributed by atoms with Crippen molar-refractivity contribution in [3.05, 3.63) is 81.4 Å². The lowest BCUT2D eigenvalue weighted by Gasteiger charge is -2.09. The van der Waals surface area contributed by atoms with Crippen molar-refractivity contribution in [1.29, 1.82) is 0 Å². The molecule has 0 saturated carbocycles. The fourth-order valence-corrected chi connectivity index (χ4v) is 2.72. The maximum atomic E-state index is 12.9. The molecule has 3 rings (SSSR count). The summed E-state index contributed by atoms with van der Waals surface area (Å²) in [5.74, 6) is 0.161. The largest absolute Gasteiger partial charge is 0.497 e. The van der Waals surface area contributed by atoms with Gasteiger partial charge in [0.1, 0.15) is 22.9 Å². The van der Waals surface area contributed by atoms with Crippen LogP contribution in [0.3, 0.4) is 0 Å². The van der Waals surface area contributed by atoms with Gasteiger partial charge in [0.05, 0.1) is 14.2 Å². The predicted octanol–water partition coefficient (Wildman–Crippen LogP) is 4.26. The first-order chi connectivity index (χ1) is 13.4. The zero-order valence-corrected chi connectivity index (χ0v) is 16.4. The first-order valence-electron chi connectivity index (χ1n) is 8.05. The fraction of sp³-hybridized carbons (Fsp3) is 0.100.